The summed E-state index contributed by atoms with van der Waals surface area (Å²) < 4.78 is 141. The van der Waals surface area contributed by atoms with Crippen LogP contribution in [0.3, 0.4) is 0 Å². The number of ether oxygens (including phenoxy) is 14. The van der Waals surface area contributed by atoms with Gasteiger partial charge in [0.2, 0.25) is 34.8 Å². The Morgan fingerprint density at radius 1 is 0.333 bits per heavy atom. The van der Waals surface area contributed by atoms with Gasteiger partial charge in [-0.1, -0.05) is 30.3 Å². The largest absolute Gasteiger partial charge is 0.420 e. The van der Waals surface area contributed by atoms with Crippen molar-refractivity contribution in [1.82, 2.24) is 0 Å². The van der Waals surface area contributed by atoms with Crippen molar-refractivity contribution in [3.05, 3.63) is 65.0 Å². The summed E-state index contributed by atoms with van der Waals surface area (Å²) in [6.45, 7) is 10.3. The van der Waals surface area contributed by atoms with Crippen LogP contribution >= 0.6 is 0 Å². The normalized spacial score (nSPS) is 11.5. The highest BCUT2D eigenvalue weighted by Gasteiger charge is 2.28. The zero-order valence-corrected chi connectivity index (χ0v) is 34.0. The van der Waals surface area contributed by atoms with Crippen molar-refractivity contribution >= 4 is 5.97 Å². The lowest BCUT2D eigenvalue weighted by Crippen LogP contribution is -2.16. The summed E-state index contributed by atoms with van der Waals surface area (Å²) in [6, 6.07) is 10.0. The molecule has 344 valence electrons. The van der Waals surface area contributed by atoms with E-state index in [1.165, 1.54) is 0 Å². The van der Waals surface area contributed by atoms with Crippen LogP contribution in [0.5, 0.6) is 5.75 Å². The van der Waals surface area contributed by atoms with Crippen LogP contribution in [0.1, 0.15) is 12.0 Å². The Labute approximate surface area is 347 Å². The number of esters is 1. The van der Waals surface area contributed by atoms with E-state index in [4.69, 9.17) is 61.6 Å². The van der Waals surface area contributed by atoms with E-state index in [2.05, 4.69) is 4.74 Å². The number of rotatable bonds is 42. The number of hydrogen-bond donors (Lipinski definition) is 0. The van der Waals surface area contributed by atoms with Gasteiger partial charge in [0.1, 0.15) is 0 Å². The van der Waals surface area contributed by atoms with Gasteiger partial charge in [-0.25, -0.2) is 13.2 Å². The molecule has 0 saturated heterocycles. The summed E-state index contributed by atoms with van der Waals surface area (Å²) in [5, 5.41) is 0. The van der Waals surface area contributed by atoms with Crippen molar-refractivity contribution in [1.29, 1.82) is 0 Å². The molecule has 0 spiro atoms. The van der Waals surface area contributed by atoms with E-state index in [0.29, 0.717) is 145 Å². The predicted octanol–water partition coefficient (Wildman–Crippen LogP) is 4.09. The maximum atomic E-state index is 13.6. The lowest BCUT2D eigenvalue weighted by Gasteiger charge is -2.09. The molecule has 20 heteroatoms. The fourth-order valence-corrected chi connectivity index (χ4v) is 4.40. The SMILES string of the molecule is O=C(CCOCCOCCOCCOCCOCCOCCOCCOCCOCCOCCOCCOCCOCc1ccccc1)Oc1c(F)c(F)c(F)c(F)c1F. The summed E-state index contributed by atoms with van der Waals surface area (Å²) in [5.41, 5.74) is 1.14. The summed E-state index contributed by atoms with van der Waals surface area (Å²) in [4.78, 5) is 11.7. The zero-order valence-electron chi connectivity index (χ0n) is 34.0. The molecule has 15 nitrogen and oxygen atoms in total. The zero-order chi connectivity index (χ0) is 43.1. The minimum absolute atomic E-state index is 0.0769. The van der Waals surface area contributed by atoms with Gasteiger partial charge in [0, 0.05) is 0 Å². The summed E-state index contributed by atoms with van der Waals surface area (Å²) in [5.74, 6) is -14.2. The van der Waals surface area contributed by atoms with Crippen molar-refractivity contribution in [3.63, 3.8) is 0 Å². The van der Waals surface area contributed by atoms with E-state index in [9.17, 15) is 26.7 Å². The van der Waals surface area contributed by atoms with E-state index < -0.39 is 47.2 Å². The van der Waals surface area contributed by atoms with Crippen molar-refractivity contribution in [2.75, 3.05) is 165 Å². The number of carbonyl (C=O) groups excluding carboxylic acids is 1. The first kappa shape index (κ1) is 53.2. The average molecular weight is 875 g/mol. The Balaban J connectivity index is 1.17. The molecule has 0 heterocycles. The van der Waals surface area contributed by atoms with Crippen LogP contribution in [0, 0.1) is 29.1 Å². The summed E-state index contributed by atoms with van der Waals surface area (Å²) >= 11 is 0. The molecular weight excluding hydrogens is 815 g/mol. The standard InChI is InChI=1S/C40H59F5O15/c41-35-36(42)38(44)40(39(45)37(35)43)60-34(46)6-7-47-8-9-48-10-11-49-12-13-50-14-15-51-16-17-52-18-19-53-20-21-54-22-23-55-24-25-56-26-27-57-28-29-58-30-31-59-32-33-4-2-1-3-5-33/h1-5H,6-32H2. The molecule has 60 heavy (non-hydrogen) atoms. The van der Waals surface area contributed by atoms with Crippen LogP contribution in [-0.4, -0.2) is 171 Å². The average Bonchev–Trinajstić information content (AvgIpc) is 3.26. The quantitative estimate of drug-likeness (QED) is 0.0236. The Morgan fingerprint density at radius 3 is 0.883 bits per heavy atom. The highest BCUT2D eigenvalue weighted by atomic mass is 19.2. The Morgan fingerprint density at radius 2 is 0.583 bits per heavy atom. The van der Waals surface area contributed by atoms with Crippen LogP contribution in [0.4, 0.5) is 22.0 Å². The smallest absolute Gasteiger partial charge is 0.313 e. The topological polar surface area (TPSA) is 146 Å². The molecule has 2 aromatic carbocycles. The second kappa shape index (κ2) is 37.8. The molecule has 0 aromatic heterocycles. The third-order valence-electron chi connectivity index (χ3n) is 7.41. The van der Waals surface area contributed by atoms with Gasteiger partial charge in [-0.3, -0.25) is 4.79 Å². The fraction of sp³-hybridized carbons (Fsp3) is 0.675. The van der Waals surface area contributed by atoms with Gasteiger partial charge in [0.15, 0.2) is 0 Å². The Bertz CT molecular complexity index is 1310. The van der Waals surface area contributed by atoms with Crippen molar-refractivity contribution < 1.29 is 93.1 Å². The molecule has 2 aromatic rings. The van der Waals surface area contributed by atoms with Crippen LogP contribution in [-0.2, 0) is 73.0 Å². The lowest BCUT2D eigenvalue weighted by atomic mass is 10.2. The molecule has 0 fully saturated rings. The van der Waals surface area contributed by atoms with E-state index >= 15 is 0 Å². The maximum absolute atomic E-state index is 13.6. The highest BCUT2D eigenvalue weighted by molar-refractivity contribution is 5.72. The van der Waals surface area contributed by atoms with Crippen LogP contribution in [0.2, 0.25) is 0 Å². The van der Waals surface area contributed by atoms with Crippen molar-refractivity contribution in [3.8, 4) is 5.75 Å². The first-order valence-corrected chi connectivity index (χ1v) is 19.7. The molecule has 0 bridgehead atoms. The van der Waals surface area contributed by atoms with E-state index in [-0.39, 0.29) is 26.4 Å². The van der Waals surface area contributed by atoms with Gasteiger partial charge in [0.25, 0.3) is 0 Å². The molecule has 0 radical (unpaired) electrons. The lowest BCUT2D eigenvalue weighted by molar-refractivity contribution is -0.136. The molecule has 0 aliphatic heterocycles. The minimum atomic E-state index is -2.35. The molecule has 2 rings (SSSR count). The number of halogens is 5. The minimum Gasteiger partial charge on any atom is -0.420 e. The predicted molar refractivity (Wildman–Crippen MR) is 202 cm³/mol. The summed E-state index contributed by atoms with van der Waals surface area (Å²) in [7, 11) is 0. The van der Waals surface area contributed by atoms with E-state index in [1.54, 1.807) is 0 Å². The fourth-order valence-electron chi connectivity index (χ4n) is 4.40. The molecular formula is C40H59F5O15. The van der Waals surface area contributed by atoms with Gasteiger partial charge in [0.05, 0.1) is 178 Å². The number of benzene rings is 2. The molecule has 0 aliphatic carbocycles. The first-order valence-electron chi connectivity index (χ1n) is 19.7. The van der Waals surface area contributed by atoms with Gasteiger partial charge in [-0.15, -0.1) is 0 Å². The van der Waals surface area contributed by atoms with E-state index in [1.807, 2.05) is 30.3 Å². The van der Waals surface area contributed by atoms with Gasteiger partial charge in [-0.2, -0.15) is 8.78 Å². The second-order valence-electron chi connectivity index (χ2n) is 12.0. The molecule has 0 atom stereocenters. The number of carbonyl (C=O) groups is 1. The molecule has 0 unspecified atom stereocenters. The summed E-state index contributed by atoms with van der Waals surface area (Å²) in [6.07, 6.45) is -0.490. The third-order valence-corrected chi connectivity index (χ3v) is 7.41. The maximum Gasteiger partial charge on any atom is 0.313 e. The van der Waals surface area contributed by atoms with Crippen LogP contribution in [0.25, 0.3) is 0 Å². The second-order valence-corrected chi connectivity index (χ2v) is 12.0. The van der Waals surface area contributed by atoms with Crippen LogP contribution in [0.15, 0.2) is 30.3 Å². The van der Waals surface area contributed by atoms with Crippen molar-refractivity contribution in [2.45, 2.75) is 13.0 Å². The highest BCUT2D eigenvalue weighted by Crippen LogP contribution is 2.29. The molecule has 0 amide bonds. The Kier molecular flexibility index (Phi) is 33.5. The van der Waals surface area contributed by atoms with E-state index in [0.717, 1.165) is 5.56 Å². The van der Waals surface area contributed by atoms with Gasteiger partial charge in [-0.05, 0) is 5.56 Å². The first-order chi connectivity index (χ1) is 29.4. The van der Waals surface area contributed by atoms with Crippen LogP contribution < -0.4 is 4.74 Å². The van der Waals surface area contributed by atoms with Crippen molar-refractivity contribution in [2.24, 2.45) is 0 Å². The Hall–Kier alpha value is -2.96. The number of hydrogen-bond acceptors (Lipinski definition) is 15. The van der Waals surface area contributed by atoms with Gasteiger partial charge >= 0.3 is 5.97 Å². The molecule has 0 saturated carbocycles. The molecule has 0 aliphatic rings. The third kappa shape index (κ3) is 27.8. The van der Waals surface area contributed by atoms with Gasteiger partial charge < -0.3 is 66.3 Å². The monoisotopic (exact) mass is 874 g/mol. The molecule has 0 N–H and O–H groups in total.